The summed E-state index contributed by atoms with van der Waals surface area (Å²) in [5.41, 5.74) is 0.233. The number of methoxy groups -OCH3 is 1. The van der Waals surface area contributed by atoms with Gasteiger partial charge in [0.25, 0.3) is 5.91 Å². The molecule has 1 heterocycles. The Labute approximate surface area is 162 Å². The zero-order chi connectivity index (χ0) is 20.7. The topological polar surface area (TPSA) is 86.8 Å². The molecule has 0 spiro atoms. The number of pyridine rings is 1. The maximum absolute atomic E-state index is 12.1. The van der Waals surface area contributed by atoms with Crippen LogP contribution in [0.25, 0.3) is 0 Å². The Morgan fingerprint density at radius 1 is 1.21 bits per heavy atom. The van der Waals surface area contributed by atoms with E-state index in [-0.39, 0.29) is 11.4 Å². The number of nitrogens with zero attached hydrogens (tertiary/aromatic N) is 1. The van der Waals surface area contributed by atoms with Gasteiger partial charge in [0.2, 0.25) is 5.88 Å². The molecule has 28 heavy (non-hydrogen) atoms. The van der Waals surface area contributed by atoms with Crippen LogP contribution >= 0.6 is 11.6 Å². The van der Waals surface area contributed by atoms with E-state index >= 15 is 0 Å². The molecule has 0 radical (unpaired) electrons. The van der Waals surface area contributed by atoms with E-state index in [2.05, 4.69) is 15.0 Å². The smallest absolute Gasteiger partial charge is 0.422 e. The van der Waals surface area contributed by atoms with Crippen molar-refractivity contribution >= 4 is 29.2 Å². The fraction of sp³-hybridized carbons (Fsp3) is 0.235. The minimum atomic E-state index is -4.50. The fourth-order valence-corrected chi connectivity index (χ4v) is 2.09. The summed E-state index contributed by atoms with van der Waals surface area (Å²) in [5.74, 6) is -1.47. The molecule has 0 bridgehead atoms. The molecule has 0 aliphatic carbocycles. The lowest BCUT2D eigenvalue weighted by Gasteiger charge is -2.11. The van der Waals surface area contributed by atoms with Crippen molar-refractivity contribution in [3.63, 3.8) is 0 Å². The van der Waals surface area contributed by atoms with Gasteiger partial charge >= 0.3 is 12.1 Å². The van der Waals surface area contributed by atoms with Crippen molar-refractivity contribution < 1.29 is 37.0 Å². The van der Waals surface area contributed by atoms with Crippen molar-refractivity contribution in [3.05, 3.63) is 47.1 Å². The average molecular weight is 419 g/mol. The Kier molecular flexibility index (Phi) is 7.05. The number of benzene rings is 1. The lowest BCUT2D eigenvalue weighted by molar-refractivity contribution is -0.154. The first-order valence-corrected chi connectivity index (χ1v) is 8.02. The summed E-state index contributed by atoms with van der Waals surface area (Å²) >= 11 is 5.85. The molecule has 11 heteroatoms. The number of carbonyl (C=O) groups is 2. The van der Waals surface area contributed by atoms with Crippen LogP contribution in [0.1, 0.15) is 10.4 Å². The zero-order valence-corrected chi connectivity index (χ0v) is 15.1. The van der Waals surface area contributed by atoms with Crippen LogP contribution in [-0.2, 0) is 9.53 Å². The molecular weight excluding hydrogens is 405 g/mol. The highest BCUT2D eigenvalue weighted by Crippen LogP contribution is 2.27. The quantitative estimate of drug-likeness (QED) is 0.693. The van der Waals surface area contributed by atoms with Gasteiger partial charge in [-0.25, -0.2) is 9.78 Å². The number of amides is 1. The van der Waals surface area contributed by atoms with Gasteiger partial charge in [-0.2, -0.15) is 13.2 Å². The maximum Gasteiger partial charge on any atom is 0.422 e. The summed E-state index contributed by atoms with van der Waals surface area (Å²) in [6.07, 6.45) is -3.52. The molecule has 150 valence electrons. The van der Waals surface area contributed by atoms with Crippen molar-refractivity contribution in [1.82, 2.24) is 4.98 Å². The molecule has 2 aromatic rings. The number of rotatable bonds is 7. The first kappa shape index (κ1) is 21.3. The molecule has 0 atom stereocenters. The second-order valence-electron chi connectivity index (χ2n) is 5.26. The first-order valence-electron chi connectivity index (χ1n) is 7.64. The van der Waals surface area contributed by atoms with Gasteiger partial charge in [-0.05, 0) is 24.3 Å². The van der Waals surface area contributed by atoms with E-state index < -0.39 is 31.3 Å². The van der Waals surface area contributed by atoms with E-state index in [0.717, 1.165) is 12.3 Å². The average Bonchev–Trinajstić information content (AvgIpc) is 2.64. The van der Waals surface area contributed by atoms with Crippen molar-refractivity contribution in [2.45, 2.75) is 6.18 Å². The number of hydrogen-bond donors (Lipinski definition) is 1. The third-order valence-corrected chi connectivity index (χ3v) is 3.36. The molecule has 0 fully saturated rings. The molecule has 1 aromatic carbocycles. The number of nitrogens with one attached hydrogen (secondary N) is 1. The van der Waals surface area contributed by atoms with Gasteiger partial charge in [-0.15, -0.1) is 0 Å². The van der Waals surface area contributed by atoms with Crippen LogP contribution in [0.5, 0.6) is 11.6 Å². The van der Waals surface area contributed by atoms with Crippen LogP contribution in [0, 0.1) is 0 Å². The van der Waals surface area contributed by atoms with E-state index in [1.54, 1.807) is 12.1 Å². The van der Waals surface area contributed by atoms with Crippen molar-refractivity contribution in [2.24, 2.45) is 0 Å². The first-order chi connectivity index (χ1) is 13.2. The van der Waals surface area contributed by atoms with Gasteiger partial charge in [0.05, 0.1) is 18.4 Å². The van der Waals surface area contributed by atoms with Crippen molar-refractivity contribution in [3.8, 4) is 11.6 Å². The molecule has 7 nitrogen and oxygen atoms in total. The van der Waals surface area contributed by atoms with Gasteiger partial charge in [0.15, 0.2) is 13.2 Å². The number of alkyl halides is 3. The standard InChI is InChI=1S/C17H14ClF3N2O5/c1-26-13-4-3-11(18)6-12(13)23-14(24)8-27-16(25)10-2-5-15(22-7-10)28-9-17(19,20)21/h2-7H,8-9H2,1H3,(H,23,24). The monoisotopic (exact) mass is 418 g/mol. The summed E-state index contributed by atoms with van der Waals surface area (Å²) < 4.78 is 50.5. The van der Waals surface area contributed by atoms with E-state index in [1.807, 2.05) is 0 Å². The van der Waals surface area contributed by atoms with Crippen LogP contribution in [0.3, 0.4) is 0 Å². The third-order valence-electron chi connectivity index (χ3n) is 3.13. The lowest BCUT2D eigenvalue weighted by Crippen LogP contribution is -2.21. The lowest BCUT2D eigenvalue weighted by atomic mass is 10.3. The molecule has 1 N–H and O–H groups in total. The van der Waals surface area contributed by atoms with E-state index in [1.165, 1.54) is 19.2 Å². The van der Waals surface area contributed by atoms with Crippen LogP contribution in [0.4, 0.5) is 18.9 Å². The van der Waals surface area contributed by atoms with Gasteiger partial charge in [-0.1, -0.05) is 11.6 Å². The van der Waals surface area contributed by atoms with E-state index in [4.69, 9.17) is 21.1 Å². The number of aromatic nitrogens is 1. The maximum atomic E-state index is 12.1. The number of esters is 1. The summed E-state index contributed by atoms with van der Waals surface area (Å²) in [6.45, 7) is -2.11. The molecule has 1 aromatic heterocycles. The minimum absolute atomic E-state index is 0.0625. The normalized spacial score (nSPS) is 10.9. The Morgan fingerprint density at radius 3 is 2.57 bits per heavy atom. The van der Waals surface area contributed by atoms with Gasteiger partial charge in [0.1, 0.15) is 5.75 Å². The second kappa shape index (κ2) is 9.27. The van der Waals surface area contributed by atoms with Crippen molar-refractivity contribution in [1.29, 1.82) is 0 Å². The van der Waals surface area contributed by atoms with Crippen LogP contribution < -0.4 is 14.8 Å². The Morgan fingerprint density at radius 2 is 1.96 bits per heavy atom. The molecule has 2 rings (SSSR count). The number of halogens is 4. The van der Waals surface area contributed by atoms with Gasteiger partial charge in [-0.3, -0.25) is 4.79 Å². The third kappa shape index (κ3) is 6.62. The van der Waals surface area contributed by atoms with Gasteiger partial charge < -0.3 is 19.5 Å². The van der Waals surface area contributed by atoms with Crippen LogP contribution in [0.15, 0.2) is 36.5 Å². The second-order valence-corrected chi connectivity index (χ2v) is 5.69. The largest absolute Gasteiger partial charge is 0.495 e. The number of ether oxygens (including phenoxy) is 3. The van der Waals surface area contributed by atoms with E-state index in [0.29, 0.717) is 16.5 Å². The summed E-state index contributed by atoms with van der Waals surface area (Å²) in [7, 11) is 1.41. The zero-order valence-electron chi connectivity index (χ0n) is 14.4. The highest BCUT2D eigenvalue weighted by molar-refractivity contribution is 6.31. The molecule has 0 aliphatic heterocycles. The summed E-state index contributed by atoms with van der Waals surface area (Å²) in [6, 6.07) is 6.84. The molecule has 0 saturated heterocycles. The molecule has 0 unspecified atom stereocenters. The van der Waals surface area contributed by atoms with Crippen LogP contribution in [-0.4, -0.2) is 43.4 Å². The minimum Gasteiger partial charge on any atom is -0.495 e. The fourth-order valence-electron chi connectivity index (χ4n) is 1.92. The Balaban J connectivity index is 1.88. The number of hydrogen-bond acceptors (Lipinski definition) is 6. The van der Waals surface area contributed by atoms with Crippen molar-refractivity contribution in [2.75, 3.05) is 25.6 Å². The van der Waals surface area contributed by atoms with Crippen LogP contribution in [0.2, 0.25) is 5.02 Å². The van der Waals surface area contributed by atoms with Gasteiger partial charge in [0, 0.05) is 17.3 Å². The highest BCUT2D eigenvalue weighted by Gasteiger charge is 2.28. The summed E-state index contributed by atoms with van der Waals surface area (Å²) in [5, 5.41) is 2.85. The predicted molar refractivity (Wildman–Crippen MR) is 92.7 cm³/mol. The Hall–Kier alpha value is -3.01. The number of carbonyl (C=O) groups excluding carboxylic acids is 2. The molecule has 0 aliphatic rings. The highest BCUT2D eigenvalue weighted by atomic mass is 35.5. The predicted octanol–water partition coefficient (Wildman–Crippen LogP) is 3.48. The summed E-state index contributed by atoms with van der Waals surface area (Å²) in [4.78, 5) is 27.4. The Bertz CT molecular complexity index is 844. The molecule has 0 saturated carbocycles. The van der Waals surface area contributed by atoms with E-state index in [9.17, 15) is 22.8 Å². The molecule has 1 amide bonds. The number of anilines is 1. The SMILES string of the molecule is COc1ccc(Cl)cc1NC(=O)COC(=O)c1ccc(OCC(F)(F)F)nc1. The molecular formula is C17H14ClF3N2O5.